The maximum atomic E-state index is 12.2. The maximum absolute atomic E-state index is 12.2. The number of hydrogen-bond acceptors (Lipinski definition) is 3. The van der Waals surface area contributed by atoms with Crippen molar-refractivity contribution in [3.05, 3.63) is 71.4 Å². The second-order valence-corrected chi connectivity index (χ2v) is 5.80. The third-order valence-electron chi connectivity index (χ3n) is 3.84. The van der Waals surface area contributed by atoms with Crippen molar-refractivity contribution in [2.75, 3.05) is 6.54 Å². The highest BCUT2D eigenvalue weighted by Gasteiger charge is 2.13. The number of benzene rings is 2. The Morgan fingerprint density at radius 2 is 1.77 bits per heavy atom. The summed E-state index contributed by atoms with van der Waals surface area (Å²) in [6.45, 7) is 1.63. The van der Waals surface area contributed by atoms with E-state index in [1.165, 1.54) is 0 Å². The molecular weight excluding hydrogens is 332 g/mol. The molecule has 0 aliphatic heterocycles. The van der Waals surface area contributed by atoms with Crippen molar-refractivity contribution >= 4 is 28.6 Å². The highest BCUT2D eigenvalue weighted by atomic mass is 16.2. The van der Waals surface area contributed by atoms with Crippen LogP contribution in [0.4, 0.5) is 0 Å². The molecule has 2 aromatic carbocycles. The Morgan fingerprint density at radius 1 is 0.962 bits per heavy atom. The minimum Gasteiger partial charge on any atom is -0.360 e. The maximum Gasteiger partial charge on any atom is 0.271 e. The van der Waals surface area contributed by atoms with E-state index in [2.05, 4.69) is 21.2 Å². The first-order valence-corrected chi connectivity index (χ1v) is 8.05. The minimum absolute atomic E-state index is 0.249. The number of amides is 3. The molecule has 26 heavy (non-hydrogen) atoms. The molecule has 0 radical (unpaired) electrons. The van der Waals surface area contributed by atoms with E-state index in [4.69, 9.17) is 0 Å². The molecule has 4 N–H and O–H groups in total. The largest absolute Gasteiger partial charge is 0.360 e. The molecule has 1 heterocycles. The fourth-order valence-corrected chi connectivity index (χ4v) is 2.55. The van der Waals surface area contributed by atoms with Crippen LogP contribution in [-0.2, 0) is 4.79 Å². The predicted molar refractivity (Wildman–Crippen MR) is 97.4 cm³/mol. The summed E-state index contributed by atoms with van der Waals surface area (Å²) in [5.41, 5.74) is 7.30. The summed E-state index contributed by atoms with van der Waals surface area (Å²) in [5, 5.41) is 3.26. The summed E-state index contributed by atoms with van der Waals surface area (Å²) in [6.07, 6.45) is 1.58. The second kappa shape index (κ2) is 7.52. The summed E-state index contributed by atoms with van der Waals surface area (Å²) < 4.78 is 0. The summed E-state index contributed by atoms with van der Waals surface area (Å²) in [6, 6.07) is 14.4. The SMILES string of the molecule is Cc1cccc(C(=O)NCC(=O)NNC(=O)c2c[nH]c3ccccc23)c1. The number of rotatable bonds is 4. The van der Waals surface area contributed by atoms with Gasteiger partial charge in [0, 0.05) is 22.7 Å². The number of hydrazine groups is 1. The molecule has 0 unspecified atom stereocenters. The quantitative estimate of drug-likeness (QED) is 0.538. The number of nitrogens with one attached hydrogen (secondary N) is 4. The van der Waals surface area contributed by atoms with Gasteiger partial charge in [-0.3, -0.25) is 25.2 Å². The Kier molecular flexibility index (Phi) is 4.98. The fraction of sp³-hybridized carbons (Fsp3) is 0.105. The smallest absolute Gasteiger partial charge is 0.271 e. The van der Waals surface area contributed by atoms with Gasteiger partial charge in [0.1, 0.15) is 0 Å². The normalized spacial score (nSPS) is 10.3. The van der Waals surface area contributed by atoms with Crippen LogP contribution in [0.5, 0.6) is 0 Å². The molecule has 0 fully saturated rings. The predicted octanol–water partition coefficient (Wildman–Crippen LogP) is 1.67. The number of aromatic nitrogens is 1. The molecular formula is C19H18N4O3. The summed E-state index contributed by atoms with van der Waals surface area (Å²) >= 11 is 0. The first kappa shape index (κ1) is 17.2. The highest BCUT2D eigenvalue weighted by Crippen LogP contribution is 2.17. The number of para-hydroxylation sites is 1. The van der Waals surface area contributed by atoms with Crippen molar-refractivity contribution in [3.8, 4) is 0 Å². The Bertz CT molecular complexity index is 978. The molecule has 0 bridgehead atoms. The topological polar surface area (TPSA) is 103 Å². The third kappa shape index (κ3) is 3.89. The van der Waals surface area contributed by atoms with Crippen LogP contribution < -0.4 is 16.2 Å². The van der Waals surface area contributed by atoms with Crippen LogP contribution >= 0.6 is 0 Å². The number of H-pyrrole nitrogens is 1. The van der Waals surface area contributed by atoms with Gasteiger partial charge >= 0.3 is 0 Å². The first-order chi connectivity index (χ1) is 12.5. The van der Waals surface area contributed by atoms with Crippen molar-refractivity contribution in [1.82, 2.24) is 21.2 Å². The summed E-state index contributed by atoms with van der Waals surface area (Å²) in [7, 11) is 0. The van der Waals surface area contributed by atoms with Gasteiger partial charge in [0.2, 0.25) is 0 Å². The fourth-order valence-electron chi connectivity index (χ4n) is 2.55. The zero-order valence-electron chi connectivity index (χ0n) is 14.1. The average Bonchev–Trinajstić information content (AvgIpc) is 3.08. The molecule has 7 nitrogen and oxygen atoms in total. The molecule has 3 amide bonds. The second-order valence-electron chi connectivity index (χ2n) is 5.80. The van der Waals surface area contributed by atoms with Gasteiger partial charge in [0.15, 0.2) is 0 Å². The van der Waals surface area contributed by atoms with E-state index in [0.29, 0.717) is 11.1 Å². The van der Waals surface area contributed by atoms with Crippen LogP contribution in [0.1, 0.15) is 26.3 Å². The molecule has 0 saturated heterocycles. The van der Waals surface area contributed by atoms with Crippen molar-refractivity contribution in [2.45, 2.75) is 6.92 Å². The molecule has 132 valence electrons. The molecule has 7 heteroatoms. The molecule has 0 aliphatic carbocycles. The lowest BCUT2D eigenvalue weighted by molar-refractivity contribution is -0.120. The van der Waals surface area contributed by atoms with Crippen LogP contribution in [0.25, 0.3) is 10.9 Å². The number of carbonyl (C=O) groups excluding carboxylic acids is 3. The molecule has 1 aromatic heterocycles. The van der Waals surface area contributed by atoms with Gasteiger partial charge in [-0.2, -0.15) is 0 Å². The first-order valence-electron chi connectivity index (χ1n) is 8.05. The van der Waals surface area contributed by atoms with Gasteiger partial charge in [-0.05, 0) is 25.1 Å². The average molecular weight is 350 g/mol. The highest BCUT2D eigenvalue weighted by molar-refractivity contribution is 6.07. The molecule has 0 aliphatic rings. The Labute approximate surface area is 149 Å². The Hall–Kier alpha value is -3.61. The van der Waals surface area contributed by atoms with E-state index >= 15 is 0 Å². The van der Waals surface area contributed by atoms with Gasteiger partial charge in [0.05, 0.1) is 12.1 Å². The zero-order chi connectivity index (χ0) is 18.5. The lowest BCUT2D eigenvalue weighted by Gasteiger charge is -2.08. The van der Waals surface area contributed by atoms with Gasteiger partial charge in [0.25, 0.3) is 17.7 Å². The van der Waals surface area contributed by atoms with E-state index in [1.54, 1.807) is 24.4 Å². The molecule has 0 atom stereocenters. The third-order valence-corrected chi connectivity index (χ3v) is 3.84. The minimum atomic E-state index is -0.529. The Morgan fingerprint density at radius 3 is 2.58 bits per heavy atom. The number of aromatic amines is 1. The van der Waals surface area contributed by atoms with Gasteiger partial charge in [-0.1, -0.05) is 35.9 Å². The molecule has 0 saturated carbocycles. The van der Waals surface area contributed by atoms with Crippen LogP contribution in [0, 0.1) is 6.92 Å². The van der Waals surface area contributed by atoms with Crippen molar-refractivity contribution < 1.29 is 14.4 Å². The number of aryl methyl sites for hydroxylation is 1. The van der Waals surface area contributed by atoms with Crippen LogP contribution in [0.15, 0.2) is 54.7 Å². The Balaban J connectivity index is 1.51. The number of hydrogen-bond donors (Lipinski definition) is 4. The van der Waals surface area contributed by atoms with Crippen molar-refractivity contribution in [2.24, 2.45) is 0 Å². The zero-order valence-corrected chi connectivity index (χ0v) is 14.1. The lowest BCUT2D eigenvalue weighted by Crippen LogP contribution is -2.46. The van der Waals surface area contributed by atoms with Gasteiger partial charge in [-0.15, -0.1) is 0 Å². The van der Waals surface area contributed by atoms with E-state index in [0.717, 1.165) is 16.5 Å². The monoisotopic (exact) mass is 350 g/mol. The van der Waals surface area contributed by atoms with Gasteiger partial charge in [-0.25, -0.2) is 0 Å². The van der Waals surface area contributed by atoms with Crippen LogP contribution in [-0.4, -0.2) is 29.3 Å². The van der Waals surface area contributed by atoms with Crippen LogP contribution in [0.2, 0.25) is 0 Å². The van der Waals surface area contributed by atoms with Gasteiger partial charge < -0.3 is 10.3 Å². The van der Waals surface area contributed by atoms with Crippen molar-refractivity contribution in [1.29, 1.82) is 0 Å². The number of fused-ring (bicyclic) bond motifs is 1. The molecule has 0 spiro atoms. The van der Waals surface area contributed by atoms with E-state index < -0.39 is 11.8 Å². The van der Waals surface area contributed by atoms with Crippen molar-refractivity contribution in [3.63, 3.8) is 0 Å². The molecule has 3 aromatic rings. The summed E-state index contributed by atoms with van der Waals surface area (Å²) in [4.78, 5) is 39.0. The lowest BCUT2D eigenvalue weighted by atomic mass is 10.1. The van der Waals surface area contributed by atoms with E-state index in [-0.39, 0.29) is 12.5 Å². The summed E-state index contributed by atoms with van der Waals surface area (Å²) in [5.74, 6) is -1.33. The van der Waals surface area contributed by atoms with Crippen LogP contribution in [0.3, 0.4) is 0 Å². The standard InChI is InChI=1S/C19H18N4O3/c1-12-5-4-6-13(9-12)18(25)21-11-17(24)22-23-19(26)15-10-20-16-8-3-2-7-14(15)16/h2-10,20H,11H2,1H3,(H,21,25)(H,22,24)(H,23,26). The van der Waals surface area contributed by atoms with E-state index in [1.807, 2.05) is 37.3 Å². The number of carbonyl (C=O) groups is 3. The van der Waals surface area contributed by atoms with E-state index in [9.17, 15) is 14.4 Å². The molecule has 3 rings (SSSR count).